The summed E-state index contributed by atoms with van der Waals surface area (Å²) < 4.78 is 6.74. The van der Waals surface area contributed by atoms with Crippen LogP contribution in [0.5, 0.6) is 0 Å². The number of aromatic nitrogens is 3. The highest BCUT2D eigenvalue weighted by Gasteiger charge is 2.22. The van der Waals surface area contributed by atoms with Gasteiger partial charge in [-0.2, -0.15) is 5.10 Å². The molecule has 2 heterocycles. The topological polar surface area (TPSA) is 56.5 Å². The Balaban J connectivity index is 2.43. The molecule has 0 radical (unpaired) electrons. The van der Waals surface area contributed by atoms with Crippen molar-refractivity contribution in [3.05, 3.63) is 52.5 Å². The monoisotopic (exact) mass is 337 g/mol. The van der Waals surface area contributed by atoms with E-state index < -0.39 is 5.97 Å². The van der Waals surface area contributed by atoms with E-state index in [-0.39, 0.29) is 5.92 Å². The number of ether oxygens (including phenoxy) is 1. The standard InChI is InChI=1S/C20H23N3O2/c1-11(2)16-10-15(20(24)25-6)21-19-18(14(5)22-23(16)19)17-12(3)8-7-9-13(17)4/h7-11H,1-6H3. The summed E-state index contributed by atoms with van der Waals surface area (Å²) in [6.07, 6.45) is 0. The maximum atomic E-state index is 12.1. The predicted octanol–water partition coefficient (Wildman–Crippen LogP) is 4.23. The first-order valence-corrected chi connectivity index (χ1v) is 8.40. The first kappa shape index (κ1) is 17.1. The van der Waals surface area contributed by atoms with Gasteiger partial charge in [0.05, 0.1) is 18.4 Å². The Labute approximate surface area is 147 Å². The molecule has 0 fully saturated rings. The fourth-order valence-corrected chi connectivity index (χ4v) is 3.27. The molecule has 3 aromatic rings. The summed E-state index contributed by atoms with van der Waals surface area (Å²) in [7, 11) is 1.37. The third-order valence-electron chi connectivity index (χ3n) is 4.51. The van der Waals surface area contributed by atoms with E-state index in [1.165, 1.54) is 7.11 Å². The number of rotatable bonds is 3. The smallest absolute Gasteiger partial charge is 0.356 e. The van der Waals surface area contributed by atoms with E-state index in [9.17, 15) is 4.79 Å². The first-order chi connectivity index (χ1) is 11.8. The molecule has 0 saturated carbocycles. The van der Waals surface area contributed by atoms with Crippen molar-refractivity contribution in [1.29, 1.82) is 0 Å². The molecule has 0 spiro atoms. The van der Waals surface area contributed by atoms with E-state index in [0.29, 0.717) is 11.3 Å². The van der Waals surface area contributed by atoms with Gasteiger partial charge in [0.2, 0.25) is 0 Å². The Morgan fingerprint density at radius 2 is 1.76 bits per heavy atom. The normalized spacial score (nSPS) is 11.3. The van der Waals surface area contributed by atoms with Crippen LogP contribution < -0.4 is 0 Å². The van der Waals surface area contributed by atoms with Crippen LogP contribution in [0.3, 0.4) is 0 Å². The van der Waals surface area contributed by atoms with Crippen LogP contribution >= 0.6 is 0 Å². The summed E-state index contributed by atoms with van der Waals surface area (Å²) >= 11 is 0. The fourth-order valence-electron chi connectivity index (χ4n) is 3.27. The van der Waals surface area contributed by atoms with Crippen LogP contribution in [-0.4, -0.2) is 27.7 Å². The van der Waals surface area contributed by atoms with Gasteiger partial charge in [-0.1, -0.05) is 32.0 Å². The molecular formula is C20H23N3O2. The van der Waals surface area contributed by atoms with E-state index in [1.54, 1.807) is 6.07 Å². The van der Waals surface area contributed by atoms with Gasteiger partial charge in [-0.05, 0) is 49.4 Å². The number of hydrogen-bond acceptors (Lipinski definition) is 4. The largest absolute Gasteiger partial charge is 0.464 e. The quantitative estimate of drug-likeness (QED) is 0.671. The highest BCUT2D eigenvalue weighted by molar-refractivity contribution is 5.90. The minimum atomic E-state index is -0.435. The molecule has 0 aliphatic carbocycles. The van der Waals surface area contributed by atoms with Crippen LogP contribution in [0.4, 0.5) is 0 Å². The maximum absolute atomic E-state index is 12.1. The van der Waals surface area contributed by atoms with Crippen LogP contribution in [-0.2, 0) is 4.74 Å². The molecule has 0 bridgehead atoms. The third-order valence-corrected chi connectivity index (χ3v) is 4.51. The number of carbonyl (C=O) groups excluding carboxylic acids is 1. The molecule has 1 aromatic carbocycles. The van der Waals surface area contributed by atoms with Gasteiger partial charge in [-0.15, -0.1) is 0 Å². The van der Waals surface area contributed by atoms with Gasteiger partial charge in [0, 0.05) is 5.69 Å². The van der Waals surface area contributed by atoms with Gasteiger partial charge in [-0.25, -0.2) is 14.3 Å². The van der Waals surface area contributed by atoms with E-state index in [4.69, 9.17) is 9.84 Å². The number of fused-ring (bicyclic) bond motifs is 1. The van der Waals surface area contributed by atoms with Crippen molar-refractivity contribution in [3.63, 3.8) is 0 Å². The SMILES string of the molecule is COC(=O)c1cc(C(C)C)n2nc(C)c(-c3c(C)cccc3C)c2n1. The summed E-state index contributed by atoms with van der Waals surface area (Å²) in [4.78, 5) is 16.7. The lowest BCUT2D eigenvalue weighted by molar-refractivity contribution is 0.0594. The number of benzene rings is 1. The summed E-state index contributed by atoms with van der Waals surface area (Å²) in [5.74, 6) is -0.241. The zero-order valence-electron chi connectivity index (χ0n) is 15.5. The predicted molar refractivity (Wildman–Crippen MR) is 98.1 cm³/mol. The van der Waals surface area contributed by atoms with Crippen molar-refractivity contribution in [2.75, 3.05) is 7.11 Å². The Morgan fingerprint density at radius 3 is 2.32 bits per heavy atom. The van der Waals surface area contributed by atoms with E-state index in [0.717, 1.165) is 33.6 Å². The molecule has 0 saturated heterocycles. The molecule has 5 heteroatoms. The van der Waals surface area contributed by atoms with Gasteiger partial charge >= 0.3 is 5.97 Å². The molecule has 0 atom stereocenters. The average molecular weight is 337 g/mol. The van der Waals surface area contributed by atoms with Crippen LogP contribution in [0, 0.1) is 20.8 Å². The third kappa shape index (κ3) is 2.80. The van der Waals surface area contributed by atoms with E-state index in [1.807, 2.05) is 17.5 Å². The average Bonchev–Trinajstić information content (AvgIpc) is 2.89. The van der Waals surface area contributed by atoms with Gasteiger partial charge in [0.25, 0.3) is 0 Å². The summed E-state index contributed by atoms with van der Waals surface area (Å²) in [6, 6.07) is 7.98. The highest BCUT2D eigenvalue weighted by atomic mass is 16.5. The van der Waals surface area contributed by atoms with E-state index in [2.05, 4.69) is 44.8 Å². The minimum absolute atomic E-state index is 0.194. The Morgan fingerprint density at radius 1 is 1.12 bits per heavy atom. The van der Waals surface area contributed by atoms with Crippen molar-refractivity contribution >= 4 is 11.6 Å². The van der Waals surface area contributed by atoms with Crippen LogP contribution in [0.2, 0.25) is 0 Å². The number of nitrogens with zero attached hydrogens (tertiary/aromatic N) is 3. The minimum Gasteiger partial charge on any atom is -0.464 e. The second kappa shape index (κ2) is 6.31. The zero-order valence-corrected chi connectivity index (χ0v) is 15.5. The van der Waals surface area contributed by atoms with Crippen LogP contribution in [0.15, 0.2) is 24.3 Å². The van der Waals surface area contributed by atoms with Crippen LogP contribution in [0.25, 0.3) is 16.8 Å². The van der Waals surface area contributed by atoms with Crippen molar-refractivity contribution in [1.82, 2.24) is 14.6 Å². The maximum Gasteiger partial charge on any atom is 0.356 e. The molecule has 0 unspecified atom stereocenters. The number of esters is 1. The first-order valence-electron chi connectivity index (χ1n) is 8.40. The molecular weight excluding hydrogens is 314 g/mol. The lowest BCUT2D eigenvalue weighted by atomic mass is 9.96. The van der Waals surface area contributed by atoms with Crippen LogP contribution in [0.1, 0.15) is 52.8 Å². The number of methoxy groups -OCH3 is 1. The lowest BCUT2D eigenvalue weighted by Crippen LogP contribution is -2.10. The van der Waals surface area contributed by atoms with Gasteiger partial charge < -0.3 is 4.74 Å². The molecule has 130 valence electrons. The molecule has 0 N–H and O–H groups in total. The number of carbonyl (C=O) groups is 1. The zero-order chi connectivity index (χ0) is 18.3. The number of aryl methyl sites for hydroxylation is 3. The fraction of sp³-hybridized carbons (Fsp3) is 0.350. The molecule has 5 nitrogen and oxygen atoms in total. The highest BCUT2D eigenvalue weighted by Crippen LogP contribution is 2.34. The van der Waals surface area contributed by atoms with Gasteiger partial charge in [0.15, 0.2) is 11.3 Å². The molecule has 0 amide bonds. The van der Waals surface area contributed by atoms with Gasteiger partial charge in [0.1, 0.15) is 0 Å². The number of hydrogen-bond donors (Lipinski definition) is 0. The summed E-state index contributed by atoms with van der Waals surface area (Å²) in [5, 5.41) is 4.72. The van der Waals surface area contributed by atoms with Crippen molar-refractivity contribution in [3.8, 4) is 11.1 Å². The Bertz CT molecular complexity index is 950. The Kier molecular flexibility index (Phi) is 4.33. The van der Waals surface area contributed by atoms with Gasteiger partial charge in [-0.3, -0.25) is 0 Å². The Hall–Kier alpha value is -2.69. The molecule has 0 aliphatic rings. The van der Waals surface area contributed by atoms with Crippen molar-refractivity contribution in [2.45, 2.75) is 40.5 Å². The lowest BCUT2D eigenvalue weighted by Gasteiger charge is -2.12. The second-order valence-electron chi connectivity index (χ2n) is 6.68. The van der Waals surface area contributed by atoms with Crippen molar-refractivity contribution in [2.24, 2.45) is 0 Å². The second-order valence-corrected chi connectivity index (χ2v) is 6.68. The van der Waals surface area contributed by atoms with Crippen molar-refractivity contribution < 1.29 is 9.53 Å². The summed E-state index contributed by atoms with van der Waals surface area (Å²) in [6.45, 7) is 10.3. The molecule has 3 rings (SSSR count). The molecule has 25 heavy (non-hydrogen) atoms. The van der Waals surface area contributed by atoms with E-state index >= 15 is 0 Å². The molecule has 0 aliphatic heterocycles. The molecule has 2 aromatic heterocycles. The summed E-state index contributed by atoms with van der Waals surface area (Å²) in [5.41, 5.74) is 7.26.